The molecule has 2 fully saturated rings. The molecule has 0 radical (unpaired) electrons. The summed E-state index contributed by atoms with van der Waals surface area (Å²) in [5.74, 6) is -0.493. The average molecular weight is 608 g/mol. The van der Waals surface area contributed by atoms with Crippen LogP contribution < -0.4 is 5.32 Å². The van der Waals surface area contributed by atoms with Gasteiger partial charge in [-0.05, 0) is 47.7 Å². The molecule has 44 heavy (non-hydrogen) atoms. The molecule has 1 amide bonds. The number of hydrogen-bond donors (Lipinski definition) is 1. The minimum atomic E-state index is -0.701. The van der Waals surface area contributed by atoms with Gasteiger partial charge in [-0.1, -0.05) is 91.0 Å². The summed E-state index contributed by atoms with van der Waals surface area (Å²) < 4.78 is 5.70. The van der Waals surface area contributed by atoms with Crippen LogP contribution in [0.5, 0.6) is 0 Å². The highest BCUT2D eigenvalue weighted by molar-refractivity contribution is 8.00. The Balaban J connectivity index is 1.25. The Hall–Kier alpha value is -4.47. The first-order chi connectivity index (χ1) is 21.4. The van der Waals surface area contributed by atoms with E-state index in [1.165, 1.54) is 12.1 Å². The van der Waals surface area contributed by atoms with Crippen LogP contribution in [-0.2, 0) is 26.5 Å². The number of nitrogens with zero attached hydrogens (tertiary/aromatic N) is 2. The van der Waals surface area contributed by atoms with Crippen LogP contribution in [0.2, 0.25) is 0 Å². The summed E-state index contributed by atoms with van der Waals surface area (Å²) in [7, 11) is 0. The van der Waals surface area contributed by atoms with Gasteiger partial charge in [-0.2, -0.15) is 0 Å². The Bertz CT molecular complexity index is 1520. The molecule has 2 aliphatic heterocycles. The number of hydrogen-bond acceptors (Lipinski definition) is 7. The van der Waals surface area contributed by atoms with Crippen LogP contribution in [0.15, 0.2) is 115 Å². The SMILES string of the molecule is CC(NC(c1ccccc1)(c1ccccc1)c1ccccc1)SC1CC2CC(=O)N2C1C(=O)OCc1ccc([N+](=O)[O-])cc1. The van der Waals surface area contributed by atoms with Crippen LogP contribution in [0.4, 0.5) is 5.69 Å². The third-order valence-corrected chi connectivity index (χ3v) is 9.76. The fraction of sp³-hybridized carbons (Fsp3) is 0.257. The number of fused-ring (bicyclic) bond motifs is 1. The Labute approximate surface area is 260 Å². The molecule has 0 bridgehead atoms. The summed E-state index contributed by atoms with van der Waals surface area (Å²) in [5.41, 5.74) is 3.22. The molecule has 8 nitrogen and oxygen atoms in total. The van der Waals surface area contributed by atoms with Crippen molar-refractivity contribution in [1.29, 1.82) is 0 Å². The third-order valence-electron chi connectivity index (χ3n) is 8.44. The second-order valence-electron chi connectivity index (χ2n) is 11.2. The van der Waals surface area contributed by atoms with Crippen molar-refractivity contribution in [2.75, 3.05) is 0 Å². The van der Waals surface area contributed by atoms with E-state index in [0.29, 0.717) is 18.4 Å². The highest BCUT2D eigenvalue weighted by Crippen LogP contribution is 2.44. The maximum absolute atomic E-state index is 13.5. The van der Waals surface area contributed by atoms with E-state index < -0.39 is 22.5 Å². The number of β-lactam (4-membered cyclic amide) rings is 1. The summed E-state index contributed by atoms with van der Waals surface area (Å²) in [5, 5.41) is 14.6. The fourth-order valence-corrected chi connectivity index (χ4v) is 7.91. The van der Waals surface area contributed by atoms with Crippen LogP contribution in [0.3, 0.4) is 0 Å². The van der Waals surface area contributed by atoms with Gasteiger partial charge in [0.1, 0.15) is 12.6 Å². The number of benzene rings is 4. The van der Waals surface area contributed by atoms with Crippen LogP contribution in [0, 0.1) is 10.1 Å². The maximum atomic E-state index is 13.5. The van der Waals surface area contributed by atoms with E-state index in [1.807, 2.05) is 54.6 Å². The number of nitro groups is 1. The number of amides is 1. The molecule has 1 N–H and O–H groups in total. The number of ether oxygens (including phenoxy) is 1. The maximum Gasteiger partial charge on any atom is 0.330 e. The molecule has 6 rings (SSSR count). The lowest BCUT2D eigenvalue weighted by atomic mass is 9.77. The second-order valence-corrected chi connectivity index (χ2v) is 12.8. The van der Waals surface area contributed by atoms with Gasteiger partial charge in [-0.3, -0.25) is 20.2 Å². The van der Waals surface area contributed by atoms with Gasteiger partial charge in [-0.25, -0.2) is 4.79 Å². The lowest BCUT2D eigenvalue weighted by Gasteiger charge is -2.40. The van der Waals surface area contributed by atoms with Crippen molar-refractivity contribution in [3.8, 4) is 0 Å². The normalized spacial score (nSPS) is 20.0. The molecule has 2 saturated heterocycles. The van der Waals surface area contributed by atoms with Crippen molar-refractivity contribution in [3.63, 3.8) is 0 Å². The number of carbonyl (C=O) groups excluding carboxylic acids is 2. The number of rotatable bonds is 11. The number of carbonyl (C=O) groups is 2. The zero-order valence-electron chi connectivity index (χ0n) is 24.2. The van der Waals surface area contributed by atoms with Gasteiger partial charge in [0.2, 0.25) is 5.91 Å². The zero-order chi connectivity index (χ0) is 30.7. The predicted octanol–water partition coefficient (Wildman–Crippen LogP) is 6.04. The molecule has 4 atom stereocenters. The van der Waals surface area contributed by atoms with Gasteiger partial charge in [0.25, 0.3) is 5.69 Å². The lowest BCUT2D eigenvalue weighted by Crippen LogP contribution is -2.56. The van der Waals surface area contributed by atoms with Gasteiger partial charge in [0.15, 0.2) is 0 Å². The molecule has 4 unspecified atom stereocenters. The Morgan fingerprint density at radius 2 is 1.45 bits per heavy atom. The van der Waals surface area contributed by atoms with Gasteiger partial charge in [0, 0.05) is 29.8 Å². The van der Waals surface area contributed by atoms with Gasteiger partial charge in [-0.15, -0.1) is 11.8 Å². The summed E-state index contributed by atoms with van der Waals surface area (Å²) >= 11 is 1.65. The van der Waals surface area contributed by atoms with E-state index in [2.05, 4.69) is 48.6 Å². The van der Waals surface area contributed by atoms with Crippen LogP contribution >= 0.6 is 11.8 Å². The predicted molar refractivity (Wildman–Crippen MR) is 170 cm³/mol. The smallest absolute Gasteiger partial charge is 0.330 e. The summed E-state index contributed by atoms with van der Waals surface area (Å²) in [6, 6.07) is 36.3. The minimum Gasteiger partial charge on any atom is -0.459 e. The first-order valence-electron chi connectivity index (χ1n) is 14.7. The standard InChI is InChI=1S/C35H33N3O5S/c1-24(36-35(26-11-5-2-6-12-26,27-13-7-3-8-14-27)28-15-9-4-10-16-28)44-31-21-30-22-32(39)37(30)33(31)34(40)43-23-25-17-19-29(20-18-25)38(41)42/h2-20,24,30-31,33,36H,21-23H2,1H3. The average Bonchev–Trinajstić information content (AvgIpc) is 3.35. The molecule has 0 saturated carbocycles. The first-order valence-corrected chi connectivity index (χ1v) is 15.6. The van der Waals surface area contributed by atoms with E-state index >= 15 is 0 Å². The van der Waals surface area contributed by atoms with Crippen LogP contribution in [-0.4, -0.2) is 44.4 Å². The highest BCUT2D eigenvalue weighted by Gasteiger charge is 2.55. The Morgan fingerprint density at radius 3 is 1.93 bits per heavy atom. The quantitative estimate of drug-likeness (QED) is 0.0554. The summed E-state index contributed by atoms with van der Waals surface area (Å²) in [6.45, 7) is 2.08. The number of nitrogens with one attached hydrogen (secondary N) is 1. The molecule has 4 aromatic rings. The highest BCUT2D eigenvalue weighted by atomic mass is 32.2. The van der Waals surface area contributed by atoms with Crippen molar-refractivity contribution in [2.24, 2.45) is 0 Å². The number of non-ortho nitro benzene ring substituents is 1. The minimum absolute atomic E-state index is 0.0197. The molecule has 0 aromatic heterocycles. The number of esters is 1. The van der Waals surface area contributed by atoms with Crippen LogP contribution in [0.1, 0.15) is 42.0 Å². The number of thioether (sulfide) groups is 1. The Morgan fingerprint density at radius 1 is 0.932 bits per heavy atom. The zero-order valence-corrected chi connectivity index (χ0v) is 25.1. The molecule has 0 aliphatic carbocycles. The molecule has 224 valence electrons. The molecular weight excluding hydrogens is 574 g/mol. The number of nitro benzene ring substituents is 1. The van der Waals surface area contributed by atoms with E-state index in [0.717, 1.165) is 16.7 Å². The molecule has 2 heterocycles. The molecule has 2 aliphatic rings. The fourth-order valence-electron chi connectivity index (χ4n) is 6.42. The molecule has 4 aromatic carbocycles. The van der Waals surface area contributed by atoms with Gasteiger partial charge < -0.3 is 9.64 Å². The largest absolute Gasteiger partial charge is 0.459 e. The lowest BCUT2D eigenvalue weighted by molar-refractivity contribution is -0.384. The molecular formula is C35H33N3O5S. The summed E-state index contributed by atoms with van der Waals surface area (Å²) in [6.07, 6.45) is 1.14. The first kappa shape index (κ1) is 29.6. The van der Waals surface area contributed by atoms with Gasteiger partial charge >= 0.3 is 5.97 Å². The van der Waals surface area contributed by atoms with E-state index in [9.17, 15) is 19.7 Å². The second kappa shape index (κ2) is 12.6. The van der Waals surface area contributed by atoms with E-state index in [1.54, 1.807) is 28.8 Å². The van der Waals surface area contributed by atoms with Crippen molar-refractivity contribution in [2.45, 2.75) is 54.6 Å². The Kier molecular flexibility index (Phi) is 8.50. The van der Waals surface area contributed by atoms with Crippen molar-refractivity contribution in [1.82, 2.24) is 10.2 Å². The van der Waals surface area contributed by atoms with Crippen molar-refractivity contribution in [3.05, 3.63) is 148 Å². The summed E-state index contributed by atoms with van der Waals surface area (Å²) in [4.78, 5) is 38.4. The van der Waals surface area contributed by atoms with Crippen molar-refractivity contribution >= 4 is 29.3 Å². The third kappa shape index (κ3) is 5.73. The van der Waals surface area contributed by atoms with E-state index in [4.69, 9.17) is 4.74 Å². The topological polar surface area (TPSA) is 102 Å². The monoisotopic (exact) mass is 607 g/mol. The van der Waals surface area contributed by atoms with E-state index in [-0.39, 0.29) is 34.9 Å². The molecule has 9 heteroatoms. The van der Waals surface area contributed by atoms with Crippen molar-refractivity contribution < 1.29 is 19.2 Å². The molecule has 0 spiro atoms. The van der Waals surface area contributed by atoms with Crippen LogP contribution in [0.25, 0.3) is 0 Å². The van der Waals surface area contributed by atoms with Gasteiger partial charge in [0.05, 0.1) is 15.8 Å².